The number of nitrogens with zero attached hydrogens (tertiary/aromatic N) is 1. The number of aromatic nitrogens is 2. The summed E-state index contributed by atoms with van der Waals surface area (Å²) in [6.07, 6.45) is 2.48. The van der Waals surface area contributed by atoms with E-state index in [4.69, 9.17) is 5.11 Å². The van der Waals surface area contributed by atoms with Crippen LogP contribution in [0, 0.1) is 11.6 Å². The van der Waals surface area contributed by atoms with E-state index in [1.807, 2.05) is 0 Å². The van der Waals surface area contributed by atoms with Crippen LogP contribution in [-0.2, 0) is 0 Å². The maximum absolute atomic E-state index is 13.4. The summed E-state index contributed by atoms with van der Waals surface area (Å²) in [5.41, 5.74) is -1.03. The SMILES string of the molecule is O=C(Nc1cc(C(=O)O)c(F)cc1F)c1cn[nH]c1. The van der Waals surface area contributed by atoms with E-state index in [-0.39, 0.29) is 5.56 Å². The molecular formula is C11H7F2N3O3. The minimum Gasteiger partial charge on any atom is -0.478 e. The quantitative estimate of drug-likeness (QED) is 0.787. The Kier molecular flexibility index (Phi) is 3.23. The Bertz CT molecular complexity index is 641. The van der Waals surface area contributed by atoms with Crippen LogP contribution >= 0.6 is 0 Å². The van der Waals surface area contributed by atoms with Gasteiger partial charge in [-0.3, -0.25) is 9.89 Å². The Morgan fingerprint density at radius 3 is 2.58 bits per heavy atom. The van der Waals surface area contributed by atoms with Crippen LogP contribution in [0.15, 0.2) is 24.5 Å². The van der Waals surface area contributed by atoms with Gasteiger partial charge < -0.3 is 10.4 Å². The Morgan fingerprint density at radius 2 is 2.00 bits per heavy atom. The van der Waals surface area contributed by atoms with Gasteiger partial charge in [0.15, 0.2) is 0 Å². The van der Waals surface area contributed by atoms with Gasteiger partial charge in [0.2, 0.25) is 0 Å². The number of hydrogen-bond donors (Lipinski definition) is 3. The fourth-order valence-corrected chi connectivity index (χ4v) is 1.38. The molecular weight excluding hydrogens is 260 g/mol. The van der Waals surface area contributed by atoms with Crippen molar-refractivity contribution in [2.24, 2.45) is 0 Å². The summed E-state index contributed by atoms with van der Waals surface area (Å²) in [4.78, 5) is 22.3. The summed E-state index contributed by atoms with van der Waals surface area (Å²) in [5, 5.41) is 16.8. The van der Waals surface area contributed by atoms with Crippen molar-refractivity contribution >= 4 is 17.6 Å². The van der Waals surface area contributed by atoms with Gasteiger partial charge >= 0.3 is 5.97 Å². The van der Waals surface area contributed by atoms with E-state index >= 15 is 0 Å². The highest BCUT2D eigenvalue weighted by Crippen LogP contribution is 2.20. The fraction of sp³-hybridized carbons (Fsp3) is 0. The molecule has 0 aliphatic rings. The fourth-order valence-electron chi connectivity index (χ4n) is 1.38. The highest BCUT2D eigenvalue weighted by atomic mass is 19.1. The average Bonchev–Trinajstić information content (AvgIpc) is 2.85. The Balaban J connectivity index is 2.32. The summed E-state index contributed by atoms with van der Waals surface area (Å²) in [6.45, 7) is 0. The van der Waals surface area contributed by atoms with Crippen LogP contribution in [0.1, 0.15) is 20.7 Å². The number of halogens is 2. The van der Waals surface area contributed by atoms with E-state index in [2.05, 4.69) is 15.5 Å². The minimum atomic E-state index is -1.56. The molecule has 2 rings (SSSR count). The lowest BCUT2D eigenvalue weighted by atomic mass is 10.1. The second-order valence-corrected chi connectivity index (χ2v) is 3.56. The van der Waals surface area contributed by atoms with Crippen LogP contribution in [0.25, 0.3) is 0 Å². The average molecular weight is 267 g/mol. The van der Waals surface area contributed by atoms with Crippen molar-refractivity contribution < 1.29 is 23.5 Å². The summed E-state index contributed by atoms with van der Waals surface area (Å²) in [5.74, 6) is -4.54. The first-order valence-corrected chi connectivity index (χ1v) is 5.01. The number of anilines is 1. The van der Waals surface area contributed by atoms with E-state index in [1.54, 1.807) is 0 Å². The Labute approximate surface area is 105 Å². The topological polar surface area (TPSA) is 95.1 Å². The van der Waals surface area contributed by atoms with E-state index in [9.17, 15) is 18.4 Å². The number of nitrogens with one attached hydrogen (secondary N) is 2. The molecule has 0 aliphatic heterocycles. The zero-order valence-electron chi connectivity index (χ0n) is 9.28. The lowest BCUT2D eigenvalue weighted by molar-refractivity contribution is 0.0691. The van der Waals surface area contributed by atoms with Crippen molar-refractivity contribution in [1.82, 2.24) is 10.2 Å². The molecule has 0 saturated heterocycles. The van der Waals surface area contributed by atoms with Crippen LogP contribution in [0.3, 0.4) is 0 Å². The standard InChI is InChI=1S/C11H7F2N3O3/c12-7-2-8(13)9(1-6(7)11(18)19)16-10(17)5-3-14-15-4-5/h1-4H,(H,14,15)(H,16,17)(H,18,19). The van der Waals surface area contributed by atoms with Gasteiger partial charge in [-0.05, 0) is 6.07 Å². The number of hydrogen-bond acceptors (Lipinski definition) is 3. The molecule has 8 heteroatoms. The first kappa shape index (κ1) is 12.7. The molecule has 1 aromatic heterocycles. The second kappa shape index (κ2) is 4.84. The molecule has 0 bridgehead atoms. The lowest BCUT2D eigenvalue weighted by Crippen LogP contribution is -2.13. The minimum absolute atomic E-state index is 0.126. The second-order valence-electron chi connectivity index (χ2n) is 3.56. The molecule has 0 atom stereocenters. The molecule has 0 fully saturated rings. The predicted molar refractivity (Wildman–Crippen MR) is 59.9 cm³/mol. The lowest BCUT2D eigenvalue weighted by Gasteiger charge is -2.07. The molecule has 0 aliphatic carbocycles. The number of amides is 1. The van der Waals surface area contributed by atoms with Gasteiger partial charge in [0.05, 0.1) is 23.0 Å². The molecule has 0 spiro atoms. The highest BCUT2D eigenvalue weighted by Gasteiger charge is 2.17. The van der Waals surface area contributed by atoms with Gasteiger partial charge in [-0.15, -0.1) is 0 Å². The van der Waals surface area contributed by atoms with E-state index in [0.29, 0.717) is 12.1 Å². The van der Waals surface area contributed by atoms with Crippen molar-refractivity contribution in [2.45, 2.75) is 0 Å². The number of aromatic amines is 1. The van der Waals surface area contributed by atoms with Crippen LogP contribution in [0.5, 0.6) is 0 Å². The van der Waals surface area contributed by atoms with Crippen LogP contribution in [-0.4, -0.2) is 27.2 Å². The van der Waals surface area contributed by atoms with Crippen LogP contribution in [0.4, 0.5) is 14.5 Å². The van der Waals surface area contributed by atoms with Crippen LogP contribution < -0.4 is 5.32 Å². The molecule has 0 saturated carbocycles. The summed E-state index contributed by atoms with van der Waals surface area (Å²) >= 11 is 0. The monoisotopic (exact) mass is 267 g/mol. The van der Waals surface area contributed by atoms with Crippen molar-refractivity contribution in [2.75, 3.05) is 5.32 Å². The van der Waals surface area contributed by atoms with Gasteiger partial charge in [0.25, 0.3) is 5.91 Å². The molecule has 0 radical (unpaired) electrons. The third-order valence-electron chi connectivity index (χ3n) is 2.30. The zero-order chi connectivity index (χ0) is 14.0. The highest BCUT2D eigenvalue weighted by molar-refractivity contribution is 6.04. The molecule has 6 nitrogen and oxygen atoms in total. The number of carboxylic acid groups (broad SMARTS) is 1. The normalized spacial score (nSPS) is 10.2. The number of aromatic carboxylic acids is 1. The van der Waals surface area contributed by atoms with Crippen molar-refractivity contribution in [1.29, 1.82) is 0 Å². The molecule has 2 aromatic rings. The smallest absolute Gasteiger partial charge is 0.338 e. The Morgan fingerprint density at radius 1 is 1.26 bits per heavy atom. The summed E-state index contributed by atoms with van der Waals surface area (Å²) < 4.78 is 26.6. The molecule has 19 heavy (non-hydrogen) atoms. The molecule has 1 aromatic carbocycles. The maximum Gasteiger partial charge on any atom is 0.338 e. The maximum atomic E-state index is 13.4. The first-order chi connectivity index (χ1) is 8.99. The molecule has 3 N–H and O–H groups in total. The van der Waals surface area contributed by atoms with Crippen molar-refractivity contribution in [3.05, 3.63) is 47.3 Å². The van der Waals surface area contributed by atoms with E-state index in [1.165, 1.54) is 12.4 Å². The zero-order valence-corrected chi connectivity index (χ0v) is 9.28. The summed E-state index contributed by atoms with van der Waals surface area (Å²) in [6, 6.07) is 1.11. The van der Waals surface area contributed by atoms with Crippen LogP contribution in [0.2, 0.25) is 0 Å². The predicted octanol–water partition coefficient (Wildman–Crippen LogP) is 1.64. The van der Waals surface area contributed by atoms with Gasteiger partial charge in [-0.1, -0.05) is 0 Å². The number of carboxylic acids is 1. The third kappa shape index (κ3) is 2.57. The van der Waals surface area contributed by atoms with Crippen molar-refractivity contribution in [3.8, 4) is 0 Å². The largest absolute Gasteiger partial charge is 0.478 e. The Hall–Kier alpha value is -2.77. The number of H-pyrrole nitrogens is 1. The molecule has 0 unspecified atom stereocenters. The number of benzene rings is 1. The van der Waals surface area contributed by atoms with Gasteiger partial charge in [0.1, 0.15) is 11.6 Å². The van der Waals surface area contributed by atoms with Gasteiger partial charge in [-0.2, -0.15) is 5.10 Å². The van der Waals surface area contributed by atoms with E-state index in [0.717, 1.165) is 0 Å². The first-order valence-electron chi connectivity index (χ1n) is 5.01. The number of rotatable bonds is 3. The molecule has 98 valence electrons. The van der Waals surface area contributed by atoms with E-state index < -0.39 is 34.8 Å². The van der Waals surface area contributed by atoms with Gasteiger partial charge in [0, 0.05) is 12.3 Å². The number of carbonyl (C=O) groups is 2. The molecule has 1 heterocycles. The van der Waals surface area contributed by atoms with Gasteiger partial charge in [-0.25, -0.2) is 13.6 Å². The third-order valence-corrected chi connectivity index (χ3v) is 2.30. The van der Waals surface area contributed by atoms with Crippen molar-refractivity contribution in [3.63, 3.8) is 0 Å². The number of carbonyl (C=O) groups excluding carboxylic acids is 1. The summed E-state index contributed by atoms with van der Waals surface area (Å²) in [7, 11) is 0. The molecule has 1 amide bonds.